The van der Waals surface area contributed by atoms with E-state index in [4.69, 9.17) is 9.66 Å². The second kappa shape index (κ2) is 14.8. The molecule has 280 valence electrons. The highest BCUT2D eigenvalue weighted by molar-refractivity contribution is 7.86. The lowest BCUT2D eigenvalue weighted by Crippen LogP contribution is -2.54. The first-order chi connectivity index (χ1) is 23.5. The second-order valence-electron chi connectivity index (χ2n) is 13.6. The highest BCUT2D eigenvalue weighted by Gasteiger charge is 2.54. The van der Waals surface area contributed by atoms with E-state index in [1.54, 1.807) is 49.1 Å². The summed E-state index contributed by atoms with van der Waals surface area (Å²) < 4.78 is 98.8. The summed E-state index contributed by atoms with van der Waals surface area (Å²) in [5.74, 6) is -1.36. The van der Waals surface area contributed by atoms with Crippen molar-refractivity contribution in [2.75, 3.05) is 22.5 Å². The summed E-state index contributed by atoms with van der Waals surface area (Å²) in [4.78, 5) is 12.0. The number of benzene rings is 2. The van der Waals surface area contributed by atoms with E-state index in [9.17, 15) is 44.3 Å². The lowest BCUT2D eigenvalue weighted by Gasteiger charge is -2.41. The molecule has 2 aromatic carbocycles. The quantitative estimate of drug-likeness (QED) is 0.0745. The van der Waals surface area contributed by atoms with Crippen LogP contribution in [0, 0.1) is 0 Å². The van der Waals surface area contributed by atoms with Crippen molar-refractivity contribution in [1.29, 1.82) is 0 Å². The van der Waals surface area contributed by atoms with Crippen molar-refractivity contribution in [2.24, 2.45) is 0 Å². The molecule has 2 atom stereocenters. The zero-order chi connectivity index (χ0) is 38.0. The molecule has 2 aromatic rings. The fourth-order valence-electron chi connectivity index (χ4n) is 6.78. The standard InChI is InChI=1S/C34H44N2O12S3/c1-32(2)27-23-25(51(46,47)48)15-17-29(27)36(20-10-11-21-49(40,41)42)34(32,39)19-9-4-6-12-30-33(3,18-8-5-7-13-31(37)38)26-22-24(50(43,44)45)14-16-28(26)35-30/h4,6,9,12,14-17,19,22-23,35,39H,5,7-8,10-11,13,18,20-21H2,1-3H3,(H,37,38)(H,40,41,42)(H,43,44,45)(H,46,47,48)/b6-4+,19-9+,30-12+. The molecular weight excluding hydrogens is 725 g/mol. The van der Waals surface area contributed by atoms with Crippen LogP contribution in [0.1, 0.15) is 76.8 Å². The van der Waals surface area contributed by atoms with Crippen molar-refractivity contribution >= 4 is 47.7 Å². The van der Waals surface area contributed by atoms with Gasteiger partial charge in [0.25, 0.3) is 30.4 Å². The number of allylic oxidation sites excluding steroid dienone is 5. The maximum Gasteiger partial charge on any atom is 0.303 e. The van der Waals surface area contributed by atoms with Gasteiger partial charge in [-0.3, -0.25) is 18.5 Å². The molecular formula is C34H44N2O12S3. The maximum atomic E-state index is 12.2. The van der Waals surface area contributed by atoms with Gasteiger partial charge in [0.05, 0.1) is 15.5 Å². The van der Waals surface area contributed by atoms with Crippen molar-refractivity contribution in [1.82, 2.24) is 0 Å². The third-order valence-corrected chi connectivity index (χ3v) is 12.2. The number of aliphatic carboxylic acids is 1. The van der Waals surface area contributed by atoms with Crippen molar-refractivity contribution in [3.05, 3.63) is 83.6 Å². The molecule has 0 aromatic heterocycles. The number of rotatable bonds is 16. The van der Waals surface area contributed by atoms with Gasteiger partial charge < -0.3 is 20.4 Å². The Morgan fingerprint density at radius 1 is 0.804 bits per heavy atom. The average molecular weight is 769 g/mol. The molecule has 17 heteroatoms. The SMILES string of the molecule is CC1(CCCCCC(=O)O)\C(=C/C=C/C=C/C2(O)N(CCCCS(=O)(=O)O)c3ccc(S(=O)(=O)O)cc3C2(C)C)Nc2ccc(S(=O)(=O)O)cc21. The zero-order valence-electron chi connectivity index (χ0n) is 28.5. The molecule has 4 rings (SSSR count). The molecule has 0 saturated heterocycles. The van der Waals surface area contributed by atoms with E-state index in [2.05, 4.69) is 5.32 Å². The van der Waals surface area contributed by atoms with Gasteiger partial charge in [-0.25, -0.2) is 0 Å². The number of aliphatic hydroxyl groups is 1. The minimum absolute atomic E-state index is 0.0359. The first-order valence-electron chi connectivity index (χ1n) is 16.3. The highest BCUT2D eigenvalue weighted by Crippen LogP contribution is 2.52. The van der Waals surface area contributed by atoms with Crippen molar-refractivity contribution in [3.8, 4) is 0 Å². The van der Waals surface area contributed by atoms with E-state index >= 15 is 0 Å². The molecule has 0 fully saturated rings. The van der Waals surface area contributed by atoms with Crippen LogP contribution in [0.5, 0.6) is 0 Å². The van der Waals surface area contributed by atoms with Crippen LogP contribution in [0.2, 0.25) is 0 Å². The lowest BCUT2D eigenvalue weighted by atomic mass is 9.77. The van der Waals surface area contributed by atoms with Crippen LogP contribution in [0.3, 0.4) is 0 Å². The number of fused-ring (bicyclic) bond motifs is 2. The molecule has 14 nitrogen and oxygen atoms in total. The Balaban J connectivity index is 1.65. The number of nitrogens with zero attached hydrogens (tertiary/aromatic N) is 1. The van der Waals surface area contributed by atoms with Crippen LogP contribution >= 0.6 is 0 Å². The van der Waals surface area contributed by atoms with E-state index in [1.165, 1.54) is 36.4 Å². The summed E-state index contributed by atoms with van der Waals surface area (Å²) in [7, 11) is -13.2. The van der Waals surface area contributed by atoms with Gasteiger partial charge in [0.2, 0.25) is 0 Å². The Labute approximate surface area is 298 Å². The highest BCUT2D eigenvalue weighted by atomic mass is 32.2. The molecule has 2 aliphatic rings. The number of hydrogen-bond acceptors (Lipinski definition) is 10. The number of carboxylic acids is 1. The van der Waals surface area contributed by atoms with Gasteiger partial charge in [-0.05, 0) is 92.3 Å². The van der Waals surface area contributed by atoms with Crippen molar-refractivity contribution in [3.63, 3.8) is 0 Å². The molecule has 0 saturated carbocycles. The number of anilines is 2. The van der Waals surface area contributed by atoms with Gasteiger partial charge in [-0.1, -0.05) is 44.9 Å². The van der Waals surface area contributed by atoms with Crippen LogP contribution < -0.4 is 10.2 Å². The zero-order valence-corrected chi connectivity index (χ0v) is 30.9. The number of hydrogen-bond donors (Lipinski definition) is 6. The van der Waals surface area contributed by atoms with Crippen molar-refractivity contribution in [2.45, 2.75) is 92.1 Å². The molecule has 2 unspecified atom stereocenters. The summed E-state index contributed by atoms with van der Waals surface area (Å²) in [6.45, 7) is 5.48. The number of unbranched alkanes of at least 4 members (excludes halogenated alkanes) is 3. The lowest BCUT2D eigenvalue weighted by molar-refractivity contribution is -0.137. The topological polar surface area (TPSA) is 236 Å². The summed E-state index contributed by atoms with van der Waals surface area (Å²) in [6.07, 6.45) is 11.0. The van der Waals surface area contributed by atoms with Crippen LogP contribution in [0.15, 0.2) is 82.3 Å². The largest absolute Gasteiger partial charge is 0.481 e. The average Bonchev–Trinajstić information content (AvgIpc) is 3.37. The fourth-order valence-corrected chi connectivity index (χ4v) is 8.37. The molecule has 0 bridgehead atoms. The molecule has 6 N–H and O–H groups in total. The first-order valence-corrected chi connectivity index (χ1v) is 20.7. The summed E-state index contributed by atoms with van der Waals surface area (Å²) in [6, 6.07) is 8.26. The van der Waals surface area contributed by atoms with Gasteiger partial charge in [-0.15, -0.1) is 0 Å². The van der Waals surface area contributed by atoms with Gasteiger partial charge in [0.1, 0.15) is 0 Å². The first kappa shape index (κ1) is 40.2. The third-order valence-electron chi connectivity index (χ3n) is 9.72. The Kier molecular flexibility index (Phi) is 11.7. The number of carboxylic acid groups (broad SMARTS) is 1. The normalized spacial score (nSPS) is 22.5. The summed E-state index contributed by atoms with van der Waals surface area (Å²) >= 11 is 0. The van der Waals surface area contributed by atoms with Gasteiger partial charge in [-0.2, -0.15) is 25.3 Å². The predicted molar refractivity (Wildman–Crippen MR) is 192 cm³/mol. The van der Waals surface area contributed by atoms with Crippen LogP contribution in [-0.2, 0) is 46.0 Å². The number of nitrogens with one attached hydrogen (secondary N) is 1. The van der Waals surface area contributed by atoms with Crippen molar-refractivity contribution < 1.29 is 53.9 Å². The molecule has 2 heterocycles. The summed E-state index contributed by atoms with van der Waals surface area (Å²) in [5.41, 5.74) is -0.660. The summed E-state index contributed by atoms with van der Waals surface area (Å²) in [5, 5.41) is 24.5. The Hall–Kier alpha value is -3.58. The third kappa shape index (κ3) is 8.90. The Morgan fingerprint density at radius 3 is 2.04 bits per heavy atom. The molecule has 2 aliphatic heterocycles. The maximum absolute atomic E-state index is 12.2. The van der Waals surface area contributed by atoms with E-state index in [0.717, 1.165) is 5.70 Å². The predicted octanol–water partition coefficient (Wildman–Crippen LogP) is 5.05. The van der Waals surface area contributed by atoms with E-state index < -0.39 is 58.6 Å². The smallest absolute Gasteiger partial charge is 0.303 e. The molecule has 0 radical (unpaired) electrons. The van der Waals surface area contributed by atoms with E-state index in [1.807, 2.05) is 6.92 Å². The minimum Gasteiger partial charge on any atom is -0.481 e. The monoisotopic (exact) mass is 768 g/mol. The van der Waals surface area contributed by atoms with Crippen LogP contribution in [0.25, 0.3) is 0 Å². The van der Waals surface area contributed by atoms with Crippen LogP contribution in [0.4, 0.5) is 11.4 Å². The van der Waals surface area contributed by atoms with Gasteiger partial charge in [0, 0.05) is 40.9 Å². The Bertz CT molecular complexity index is 2090. The van der Waals surface area contributed by atoms with E-state index in [-0.39, 0.29) is 35.6 Å². The molecule has 0 amide bonds. The van der Waals surface area contributed by atoms with E-state index in [0.29, 0.717) is 48.2 Å². The second-order valence-corrected chi connectivity index (χ2v) is 18.0. The molecule has 0 spiro atoms. The molecule has 0 aliphatic carbocycles. The van der Waals surface area contributed by atoms with Gasteiger partial charge in [0.15, 0.2) is 5.72 Å². The van der Waals surface area contributed by atoms with Gasteiger partial charge >= 0.3 is 5.97 Å². The Morgan fingerprint density at radius 2 is 1.43 bits per heavy atom. The van der Waals surface area contributed by atoms with Crippen LogP contribution in [-0.4, -0.2) is 73.1 Å². The minimum atomic E-state index is -4.55. The number of carbonyl (C=O) groups is 1. The molecule has 51 heavy (non-hydrogen) atoms. The fraction of sp³-hybridized carbons (Fsp3) is 0.441.